The zero-order valence-electron chi connectivity index (χ0n) is 11.8. The zero-order valence-corrected chi connectivity index (χ0v) is 11.8. The molecule has 112 valence electrons. The minimum Gasteiger partial charge on any atom is -0.329 e. The van der Waals surface area contributed by atoms with Crippen LogP contribution in [0.2, 0.25) is 0 Å². The van der Waals surface area contributed by atoms with Crippen LogP contribution in [0.3, 0.4) is 0 Å². The molecule has 0 aliphatic carbocycles. The van der Waals surface area contributed by atoms with Gasteiger partial charge in [-0.1, -0.05) is 13.0 Å². The summed E-state index contributed by atoms with van der Waals surface area (Å²) in [7, 11) is 0. The summed E-state index contributed by atoms with van der Waals surface area (Å²) >= 11 is 0. The average Bonchev–Trinajstić information content (AvgIpc) is 2.86. The van der Waals surface area contributed by atoms with E-state index in [9.17, 15) is 14.5 Å². The highest BCUT2D eigenvalue weighted by Crippen LogP contribution is 2.18. The molecule has 0 bridgehead atoms. The second-order valence-electron chi connectivity index (χ2n) is 4.69. The molecular weight excluding hydrogens is 275 g/mol. The second-order valence-corrected chi connectivity index (χ2v) is 4.69. The van der Waals surface area contributed by atoms with E-state index in [2.05, 4.69) is 17.2 Å². The molecule has 0 fully saturated rings. The van der Waals surface area contributed by atoms with Crippen LogP contribution in [0.1, 0.15) is 24.7 Å². The Labute approximate surface area is 121 Å². The lowest BCUT2D eigenvalue weighted by atomic mass is 10.2. The molecule has 1 aromatic heterocycles. The Balaban J connectivity index is 2.10. The number of imidazole rings is 1. The third-order valence-electron chi connectivity index (χ3n) is 3.07. The summed E-state index contributed by atoms with van der Waals surface area (Å²) in [6.07, 6.45) is 4.53. The van der Waals surface area contributed by atoms with Crippen molar-refractivity contribution in [2.24, 2.45) is 0 Å². The SMILES string of the molecule is CCCNCc1nccn1Cc1ccc([N+](=O)[O-])c(F)c1. The van der Waals surface area contributed by atoms with Crippen LogP contribution in [0, 0.1) is 15.9 Å². The van der Waals surface area contributed by atoms with Crippen LogP contribution in [-0.4, -0.2) is 21.0 Å². The first-order valence-electron chi connectivity index (χ1n) is 6.75. The van der Waals surface area contributed by atoms with Gasteiger partial charge in [0.25, 0.3) is 0 Å². The van der Waals surface area contributed by atoms with Crippen molar-refractivity contribution in [3.8, 4) is 0 Å². The lowest BCUT2D eigenvalue weighted by molar-refractivity contribution is -0.387. The highest BCUT2D eigenvalue weighted by atomic mass is 19.1. The van der Waals surface area contributed by atoms with Crippen LogP contribution in [0.5, 0.6) is 0 Å². The van der Waals surface area contributed by atoms with E-state index < -0.39 is 16.4 Å². The molecule has 0 aliphatic heterocycles. The molecule has 0 spiro atoms. The van der Waals surface area contributed by atoms with Gasteiger partial charge in [0.2, 0.25) is 5.82 Å². The van der Waals surface area contributed by atoms with E-state index in [-0.39, 0.29) is 0 Å². The Morgan fingerprint density at radius 2 is 2.29 bits per heavy atom. The fourth-order valence-corrected chi connectivity index (χ4v) is 2.02. The van der Waals surface area contributed by atoms with Gasteiger partial charge >= 0.3 is 5.69 Å². The first-order valence-corrected chi connectivity index (χ1v) is 6.75. The molecule has 2 aromatic rings. The Bertz CT molecular complexity index is 627. The molecule has 0 aliphatic rings. The van der Waals surface area contributed by atoms with Gasteiger partial charge in [-0.05, 0) is 24.6 Å². The number of nitrogens with one attached hydrogen (secondary N) is 1. The normalized spacial score (nSPS) is 10.8. The summed E-state index contributed by atoms with van der Waals surface area (Å²) in [4.78, 5) is 14.1. The number of nitrogens with zero attached hydrogens (tertiary/aromatic N) is 3. The van der Waals surface area contributed by atoms with Crippen LogP contribution in [0.4, 0.5) is 10.1 Å². The van der Waals surface area contributed by atoms with Gasteiger partial charge in [0.1, 0.15) is 5.82 Å². The van der Waals surface area contributed by atoms with E-state index in [4.69, 9.17) is 0 Å². The predicted molar refractivity (Wildman–Crippen MR) is 76.4 cm³/mol. The summed E-state index contributed by atoms with van der Waals surface area (Å²) in [5.41, 5.74) is 0.155. The molecule has 1 N–H and O–H groups in total. The lowest BCUT2D eigenvalue weighted by Crippen LogP contribution is -2.18. The minimum absolute atomic E-state index is 0.429. The fourth-order valence-electron chi connectivity index (χ4n) is 2.02. The van der Waals surface area contributed by atoms with Crippen molar-refractivity contribution in [1.82, 2.24) is 14.9 Å². The van der Waals surface area contributed by atoms with Gasteiger partial charge < -0.3 is 9.88 Å². The zero-order chi connectivity index (χ0) is 15.2. The lowest BCUT2D eigenvalue weighted by Gasteiger charge is -2.09. The van der Waals surface area contributed by atoms with Crippen molar-refractivity contribution in [2.75, 3.05) is 6.54 Å². The molecular formula is C14H17FN4O2. The van der Waals surface area contributed by atoms with Crippen molar-refractivity contribution in [2.45, 2.75) is 26.4 Å². The smallest absolute Gasteiger partial charge is 0.304 e. The number of hydrogen-bond acceptors (Lipinski definition) is 4. The standard InChI is InChI=1S/C14H17FN4O2/c1-2-5-16-9-14-17-6-7-18(14)10-11-3-4-13(19(20)21)12(15)8-11/h3-4,6-8,16H,2,5,9-10H2,1H3. The van der Waals surface area contributed by atoms with E-state index in [1.54, 1.807) is 12.3 Å². The van der Waals surface area contributed by atoms with Crippen molar-refractivity contribution in [3.05, 3.63) is 57.9 Å². The number of aromatic nitrogens is 2. The number of nitro benzene ring substituents is 1. The molecule has 0 saturated carbocycles. The highest BCUT2D eigenvalue weighted by molar-refractivity contribution is 5.35. The molecule has 21 heavy (non-hydrogen) atoms. The van der Waals surface area contributed by atoms with Crippen LogP contribution >= 0.6 is 0 Å². The summed E-state index contributed by atoms with van der Waals surface area (Å²) in [5, 5.41) is 13.8. The number of rotatable bonds is 7. The first kappa shape index (κ1) is 15.1. The van der Waals surface area contributed by atoms with E-state index in [1.807, 2.05) is 10.8 Å². The Hall–Kier alpha value is -2.28. The molecule has 1 heterocycles. The summed E-state index contributed by atoms with van der Waals surface area (Å²) < 4.78 is 15.5. The summed E-state index contributed by atoms with van der Waals surface area (Å²) in [6, 6.07) is 3.95. The molecule has 0 saturated heterocycles. The summed E-state index contributed by atoms with van der Waals surface area (Å²) in [5.74, 6) is 0.0329. The number of halogens is 1. The molecule has 0 radical (unpaired) electrons. The average molecular weight is 292 g/mol. The van der Waals surface area contributed by atoms with E-state index in [0.717, 1.165) is 18.8 Å². The quantitative estimate of drug-likeness (QED) is 0.483. The molecule has 0 unspecified atom stereocenters. The van der Waals surface area contributed by atoms with Crippen molar-refractivity contribution < 1.29 is 9.31 Å². The maximum absolute atomic E-state index is 13.6. The van der Waals surface area contributed by atoms with Crippen LogP contribution in [0.15, 0.2) is 30.6 Å². The maximum Gasteiger partial charge on any atom is 0.304 e. The van der Waals surface area contributed by atoms with Gasteiger partial charge in [0.05, 0.1) is 11.5 Å². The molecule has 7 heteroatoms. The summed E-state index contributed by atoms with van der Waals surface area (Å²) in [6.45, 7) is 4.05. The second kappa shape index (κ2) is 6.94. The largest absolute Gasteiger partial charge is 0.329 e. The molecule has 0 amide bonds. The van der Waals surface area contributed by atoms with Gasteiger partial charge in [-0.25, -0.2) is 4.98 Å². The van der Waals surface area contributed by atoms with Gasteiger partial charge in [0.15, 0.2) is 0 Å². The Morgan fingerprint density at radius 1 is 1.48 bits per heavy atom. The van der Waals surface area contributed by atoms with E-state index in [0.29, 0.717) is 18.7 Å². The predicted octanol–water partition coefficient (Wildman–Crippen LogP) is 2.48. The number of benzene rings is 1. The number of hydrogen-bond donors (Lipinski definition) is 1. The van der Waals surface area contributed by atoms with Gasteiger partial charge in [-0.3, -0.25) is 10.1 Å². The number of nitro groups is 1. The topological polar surface area (TPSA) is 73.0 Å². The molecule has 6 nitrogen and oxygen atoms in total. The van der Waals surface area contributed by atoms with Crippen molar-refractivity contribution >= 4 is 5.69 Å². The van der Waals surface area contributed by atoms with Crippen LogP contribution in [-0.2, 0) is 13.1 Å². The van der Waals surface area contributed by atoms with Crippen LogP contribution < -0.4 is 5.32 Å². The van der Waals surface area contributed by atoms with Crippen molar-refractivity contribution in [3.63, 3.8) is 0 Å². The molecule has 1 aromatic carbocycles. The Kier molecular flexibility index (Phi) is 4.99. The minimum atomic E-state index is -0.816. The molecule has 2 rings (SSSR count). The third-order valence-corrected chi connectivity index (χ3v) is 3.07. The Morgan fingerprint density at radius 3 is 2.95 bits per heavy atom. The van der Waals surface area contributed by atoms with Crippen molar-refractivity contribution in [1.29, 1.82) is 0 Å². The van der Waals surface area contributed by atoms with Gasteiger partial charge in [-0.2, -0.15) is 4.39 Å². The van der Waals surface area contributed by atoms with E-state index >= 15 is 0 Å². The van der Waals surface area contributed by atoms with E-state index in [1.165, 1.54) is 12.1 Å². The monoisotopic (exact) mass is 292 g/mol. The third kappa shape index (κ3) is 3.85. The van der Waals surface area contributed by atoms with Gasteiger partial charge in [-0.15, -0.1) is 0 Å². The maximum atomic E-state index is 13.6. The fraction of sp³-hybridized carbons (Fsp3) is 0.357. The first-order chi connectivity index (χ1) is 10.1. The molecule has 0 atom stereocenters. The van der Waals surface area contributed by atoms with Gasteiger partial charge in [0, 0.05) is 25.0 Å². The highest BCUT2D eigenvalue weighted by Gasteiger charge is 2.14. The van der Waals surface area contributed by atoms with Crippen LogP contribution in [0.25, 0.3) is 0 Å².